The molecule has 0 aliphatic carbocycles. The molecule has 0 fully saturated rings. The number of fused-ring (bicyclic) bond motifs is 1. The maximum Gasteiger partial charge on any atom is 0.262 e. The van der Waals surface area contributed by atoms with Crippen molar-refractivity contribution in [1.29, 1.82) is 0 Å². The first-order chi connectivity index (χ1) is 18.9. The molecule has 0 radical (unpaired) electrons. The number of ether oxygens (including phenoxy) is 2. The summed E-state index contributed by atoms with van der Waals surface area (Å²) >= 11 is 4.56. The summed E-state index contributed by atoms with van der Waals surface area (Å²) in [5.74, 6) is 1.14. The highest BCUT2D eigenvalue weighted by molar-refractivity contribution is 9.10. The summed E-state index contributed by atoms with van der Waals surface area (Å²) in [6.07, 6.45) is 0.711. The first-order valence-corrected chi connectivity index (χ1v) is 14.1. The Morgan fingerprint density at radius 3 is 2.49 bits per heavy atom. The molecule has 0 saturated heterocycles. The van der Waals surface area contributed by atoms with Gasteiger partial charge in [0.25, 0.3) is 5.56 Å². The van der Waals surface area contributed by atoms with E-state index in [0.29, 0.717) is 46.1 Å². The summed E-state index contributed by atoms with van der Waals surface area (Å²) in [6.45, 7) is 0.580. The van der Waals surface area contributed by atoms with E-state index in [1.165, 1.54) is 16.3 Å². The Hall–Kier alpha value is -3.63. The van der Waals surface area contributed by atoms with E-state index in [1.807, 2.05) is 36.4 Å². The number of amides is 1. The number of methoxy groups -OCH3 is 2. The Balaban J connectivity index is 1.41. The van der Waals surface area contributed by atoms with Gasteiger partial charge in [-0.2, -0.15) is 0 Å². The van der Waals surface area contributed by atoms with Gasteiger partial charge in [0.1, 0.15) is 0 Å². The largest absolute Gasteiger partial charge is 0.493 e. The van der Waals surface area contributed by atoms with Gasteiger partial charge in [-0.1, -0.05) is 58.0 Å². The number of nitrogens with zero attached hydrogens (tertiary/aromatic N) is 2. The number of carbonyl (C=O) groups is 2. The topological polar surface area (TPSA) is 99.5 Å². The number of ketones is 1. The molecular weight excluding hydrogens is 582 g/mol. The second-order valence-corrected chi connectivity index (χ2v) is 10.5. The number of Topliss-reactive ketones (excluding diaryl/α,β-unsaturated/α-hetero) is 1. The maximum atomic E-state index is 13.3. The highest BCUT2D eigenvalue weighted by atomic mass is 79.9. The molecule has 10 heteroatoms. The molecule has 4 rings (SSSR count). The fraction of sp³-hybridized carbons (Fsp3) is 0.241. The van der Waals surface area contributed by atoms with E-state index in [1.54, 1.807) is 44.6 Å². The maximum absolute atomic E-state index is 13.3. The van der Waals surface area contributed by atoms with Crippen LogP contribution < -0.4 is 20.3 Å². The van der Waals surface area contributed by atoms with Crippen LogP contribution in [0.4, 0.5) is 0 Å². The summed E-state index contributed by atoms with van der Waals surface area (Å²) in [6, 6.07) is 19.8. The predicted molar refractivity (Wildman–Crippen MR) is 156 cm³/mol. The molecule has 0 aliphatic heterocycles. The Labute approximate surface area is 238 Å². The van der Waals surface area contributed by atoms with Crippen molar-refractivity contribution in [2.24, 2.45) is 0 Å². The standard InChI is InChI=1S/C29H28BrN3O5S/c1-37-25-12-7-19(17-26(25)38-2)13-15-31-27(35)14-16-33-28(36)22-5-3-4-6-23(22)32-29(33)39-18-24(34)20-8-10-21(30)11-9-20/h3-12,17H,13-16,18H2,1-2H3,(H,31,35). The van der Waals surface area contributed by atoms with E-state index in [4.69, 9.17) is 9.47 Å². The fourth-order valence-corrected chi connectivity index (χ4v) is 5.17. The zero-order valence-electron chi connectivity index (χ0n) is 21.6. The molecule has 39 heavy (non-hydrogen) atoms. The number of rotatable bonds is 12. The van der Waals surface area contributed by atoms with E-state index in [-0.39, 0.29) is 36.0 Å². The van der Waals surface area contributed by atoms with Gasteiger partial charge < -0.3 is 14.8 Å². The molecule has 1 aromatic heterocycles. The second kappa shape index (κ2) is 13.4. The van der Waals surface area contributed by atoms with Crippen LogP contribution in [-0.2, 0) is 17.8 Å². The zero-order chi connectivity index (χ0) is 27.8. The third-order valence-electron chi connectivity index (χ3n) is 6.07. The van der Waals surface area contributed by atoms with Crippen molar-refractivity contribution < 1.29 is 19.1 Å². The van der Waals surface area contributed by atoms with Gasteiger partial charge >= 0.3 is 0 Å². The number of thioether (sulfide) groups is 1. The molecule has 0 saturated carbocycles. The van der Waals surface area contributed by atoms with E-state index >= 15 is 0 Å². The van der Waals surface area contributed by atoms with Gasteiger partial charge in [0.15, 0.2) is 22.4 Å². The Morgan fingerprint density at radius 2 is 1.74 bits per heavy atom. The number of nitrogens with one attached hydrogen (secondary N) is 1. The van der Waals surface area contributed by atoms with Gasteiger partial charge in [-0.05, 0) is 48.4 Å². The summed E-state index contributed by atoms with van der Waals surface area (Å²) in [4.78, 5) is 43.3. The molecule has 0 unspecified atom stereocenters. The smallest absolute Gasteiger partial charge is 0.262 e. The van der Waals surface area contributed by atoms with Crippen molar-refractivity contribution in [1.82, 2.24) is 14.9 Å². The molecule has 8 nitrogen and oxygen atoms in total. The van der Waals surface area contributed by atoms with Crippen LogP contribution in [0, 0.1) is 0 Å². The molecule has 0 bridgehead atoms. The average Bonchev–Trinajstić information content (AvgIpc) is 2.95. The number of hydrogen-bond donors (Lipinski definition) is 1. The SMILES string of the molecule is COc1ccc(CCNC(=O)CCn2c(SCC(=O)c3ccc(Br)cc3)nc3ccccc3c2=O)cc1OC. The van der Waals surface area contributed by atoms with Crippen LogP contribution in [0.3, 0.4) is 0 Å². The van der Waals surface area contributed by atoms with Gasteiger partial charge in [-0.15, -0.1) is 0 Å². The normalized spacial score (nSPS) is 10.8. The monoisotopic (exact) mass is 609 g/mol. The molecule has 4 aromatic rings. The van der Waals surface area contributed by atoms with Gasteiger partial charge in [0, 0.05) is 29.5 Å². The van der Waals surface area contributed by atoms with Crippen molar-refractivity contribution >= 4 is 50.3 Å². The van der Waals surface area contributed by atoms with Crippen LogP contribution in [0.1, 0.15) is 22.3 Å². The van der Waals surface area contributed by atoms with E-state index in [9.17, 15) is 14.4 Å². The molecule has 0 aliphatic rings. The van der Waals surface area contributed by atoms with Crippen molar-refractivity contribution in [2.45, 2.75) is 24.5 Å². The minimum Gasteiger partial charge on any atom is -0.493 e. The summed E-state index contributed by atoms with van der Waals surface area (Å²) in [5.41, 5.74) is 1.89. The van der Waals surface area contributed by atoms with Crippen LogP contribution in [0.25, 0.3) is 10.9 Å². The van der Waals surface area contributed by atoms with E-state index in [0.717, 1.165) is 10.0 Å². The lowest BCUT2D eigenvalue weighted by molar-refractivity contribution is -0.121. The van der Waals surface area contributed by atoms with E-state index < -0.39 is 0 Å². The molecule has 3 aromatic carbocycles. The number of para-hydroxylation sites is 1. The molecule has 1 amide bonds. The van der Waals surface area contributed by atoms with Crippen LogP contribution in [0.5, 0.6) is 11.5 Å². The quantitative estimate of drug-likeness (QED) is 0.138. The highest BCUT2D eigenvalue weighted by Crippen LogP contribution is 2.27. The van der Waals surface area contributed by atoms with Gasteiger partial charge in [-0.3, -0.25) is 19.0 Å². The number of halogens is 1. The Morgan fingerprint density at radius 1 is 1.00 bits per heavy atom. The van der Waals surface area contributed by atoms with Crippen molar-refractivity contribution in [3.63, 3.8) is 0 Å². The van der Waals surface area contributed by atoms with Crippen LogP contribution >= 0.6 is 27.7 Å². The van der Waals surface area contributed by atoms with Crippen LogP contribution in [0.15, 0.2) is 81.2 Å². The van der Waals surface area contributed by atoms with Crippen molar-refractivity contribution in [3.05, 3.63) is 92.7 Å². The van der Waals surface area contributed by atoms with Crippen LogP contribution in [-0.4, -0.2) is 47.8 Å². The first kappa shape index (κ1) is 28.4. The number of carbonyl (C=O) groups excluding carboxylic acids is 2. The Kier molecular flexibility index (Phi) is 9.78. The lowest BCUT2D eigenvalue weighted by Gasteiger charge is -2.13. The summed E-state index contributed by atoms with van der Waals surface area (Å²) < 4.78 is 13.0. The van der Waals surface area contributed by atoms with Gasteiger partial charge in [0.05, 0.1) is 30.9 Å². The third-order valence-corrected chi connectivity index (χ3v) is 7.58. The fourth-order valence-electron chi connectivity index (χ4n) is 3.99. The first-order valence-electron chi connectivity index (χ1n) is 12.3. The molecule has 1 N–H and O–H groups in total. The Bertz CT molecular complexity index is 1540. The van der Waals surface area contributed by atoms with Gasteiger partial charge in [0.2, 0.25) is 5.91 Å². The number of benzene rings is 3. The number of hydrogen-bond acceptors (Lipinski definition) is 7. The zero-order valence-corrected chi connectivity index (χ0v) is 24.0. The summed E-state index contributed by atoms with van der Waals surface area (Å²) in [5, 5.41) is 3.78. The second-order valence-electron chi connectivity index (χ2n) is 8.63. The molecule has 202 valence electrons. The third kappa shape index (κ3) is 7.27. The molecule has 1 heterocycles. The molecule has 0 atom stereocenters. The number of aromatic nitrogens is 2. The molecular formula is C29H28BrN3O5S. The van der Waals surface area contributed by atoms with Gasteiger partial charge in [-0.25, -0.2) is 4.98 Å². The highest BCUT2D eigenvalue weighted by Gasteiger charge is 2.15. The van der Waals surface area contributed by atoms with Crippen molar-refractivity contribution in [3.8, 4) is 11.5 Å². The van der Waals surface area contributed by atoms with Crippen molar-refractivity contribution in [2.75, 3.05) is 26.5 Å². The van der Waals surface area contributed by atoms with E-state index in [2.05, 4.69) is 26.2 Å². The lowest BCUT2D eigenvalue weighted by atomic mass is 10.1. The minimum atomic E-state index is -0.239. The van der Waals surface area contributed by atoms with Crippen LogP contribution in [0.2, 0.25) is 0 Å². The average molecular weight is 611 g/mol. The molecule has 0 spiro atoms. The minimum absolute atomic E-state index is 0.0747. The lowest BCUT2D eigenvalue weighted by Crippen LogP contribution is -2.30. The summed E-state index contributed by atoms with van der Waals surface area (Å²) in [7, 11) is 3.16. The predicted octanol–water partition coefficient (Wildman–Crippen LogP) is 4.90.